The van der Waals surface area contributed by atoms with E-state index in [-0.39, 0.29) is 12.2 Å². The smallest absolute Gasteiger partial charge is 0.131 e. The van der Waals surface area contributed by atoms with Gasteiger partial charge in [0.05, 0.1) is 19.1 Å². The molecule has 0 atom stereocenters. The van der Waals surface area contributed by atoms with Crippen molar-refractivity contribution in [3.63, 3.8) is 0 Å². The van der Waals surface area contributed by atoms with Gasteiger partial charge in [-0.2, -0.15) is 5.26 Å². The molecule has 3 heteroatoms. The number of benzene rings is 2. The van der Waals surface area contributed by atoms with E-state index in [0.29, 0.717) is 17.7 Å². The number of ether oxygens (including phenoxy) is 1. The molecule has 0 amide bonds. The monoisotopic (exact) mass is 255 g/mol. The molecule has 0 radical (unpaired) electrons. The van der Waals surface area contributed by atoms with Crippen molar-refractivity contribution in [3.8, 4) is 22.9 Å². The zero-order valence-corrected chi connectivity index (χ0v) is 10.7. The van der Waals surface area contributed by atoms with Crippen molar-refractivity contribution in [2.75, 3.05) is 6.61 Å². The third kappa shape index (κ3) is 3.11. The van der Waals surface area contributed by atoms with Gasteiger partial charge < -0.3 is 4.74 Å². The van der Waals surface area contributed by atoms with Crippen LogP contribution < -0.4 is 4.74 Å². The van der Waals surface area contributed by atoms with Gasteiger partial charge in [-0.15, -0.1) is 0 Å². The van der Waals surface area contributed by atoms with Crippen LogP contribution in [0.3, 0.4) is 0 Å². The number of nitriles is 1. The maximum absolute atomic E-state index is 14.0. The third-order valence-corrected chi connectivity index (χ3v) is 2.77. The summed E-state index contributed by atoms with van der Waals surface area (Å²) in [6.45, 7) is 2.48. The summed E-state index contributed by atoms with van der Waals surface area (Å²) in [5.41, 5.74) is 1.97. The lowest BCUT2D eigenvalue weighted by atomic mass is 10.0. The topological polar surface area (TPSA) is 33.0 Å². The molecule has 0 saturated carbocycles. The van der Waals surface area contributed by atoms with Gasteiger partial charge >= 0.3 is 0 Å². The lowest BCUT2D eigenvalue weighted by molar-refractivity contribution is 0.340. The standard InChI is InChI=1S/C16H14FNO/c1-2-19-14-5-3-4-13(11-14)15-7-6-12(8-9-18)10-16(15)17/h3-7,10-11H,2,8H2,1H3. The van der Waals surface area contributed by atoms with E-state index in [1.165, 1.54) is 6.07 Å². The Kier molecular flexibility index (Phi) is 4.15. The predicted octanol–water partition coefficient (Wildman–Crippen LogP) is 3.96. The zero-order chi connectivity index (χ0) is 13.7. The Morgan fingerprint density at radius 2 is 2.05 bits per heavy atom. The van der Waals surface area contributed by atoms with Crippen LogP contribution in [0.1, 0.15) is 12.5 Å². The van der Waals surface area contributed by atoms with Crippen LogP contribution in [-0.4, -0.2) is 6.61 Å². The minimum Gasteiger partial charge on any atom is -0.494 e. The van der Waals surface area contributed by atoms with Crippen molar-refractivity contribution in [1.29, 1.82) is 5.26 Å². The molecule has 2 aromatic rings. The van der Waals surface area contributed by atoms with E-state index in [9.17, 15) is 4.39 Å². The first-order valence-electron chi connectivity index (χ1n) is 6.13. The highest BCUT2D eigenvalue weighted by molar-refractivity contribution is 5.66. The summed E-state index contributed by atoms with van der Waals surface area (Å²) in [5.74, 6) is 0.405. The lowest BCUT2D eigenvalue weighted by Crippen LogP contribution is -1.92. The number of hydrogen-bond donors (Lipinski definition) is 0. The summed E-state index contributed by atoms with van der Waals surface area (Å²) in [4.78, 5) is 0. The molecule has 2 nitrogen and oxygen atoms in total. The maximum Gasteiger partial charge on any atom is 0.131 e. The molecule has 0 heterocycles. The van der Waals surface area contributed by atoms with Crippen molar-refractivity contribution >= 4 is 0 Å². The van der Waals surface area contributed by atoms with Gasteiger partial charge in [0.25, 0.3) is 0 Å². The molecule has 0 saturated heterocycles. The van der Waals surface area contributed by atoms with Gasteiger partial charge in [-0.25, -0.2) is 4.39 Å². The molecule has 96 valence electrons. The van der Waals surface area contributed by atoms with Gasteiger partial charge in [-0.3, -0.25) is 0 Å². The van der Waals surface area contributed by atoms with Crippen molar-refractivity contribution < 1.29 is 9.13 Å². The fraction of sp³-hybridized carbons (Fsp3) is 0.188. The molecule has 2 rings (SSSR count). The Morgan fingerprint density at radius 1 is 1.21 bits per heavy atom. The molecular formula is C16H14FNO. The van der Waals surface area contributed by atoms with Crippen LogP contribution in [0.25, 0.3) is 11.1 Å². The summed E-state index contributed by atoms with van der Waals surface area (Å²) < 4.78 is 19.4. The fourth-order valence-corrected chi connectivity index (χ4v) is 1.91. The number of nitrogens with zero attached hydrogens (tertiary/aromatic N) is 1. The second kappa shape index (κ2) is 6.01. The molecule has 0 aromatic heterocycles. The summed E-state index contributed by atoms with van der Waals surface area (Å²) in [6, 6.07) is 14.2. The Balaban J connectivity index is 2.36. The summed E-state index contributed by atoms with van der Waals surface area (Å²) >= 11 is 0. The number of rotatable bonds is 4. The zero-order valence-electron chi connectivity index (χ0n) is 10.7. The van der Waals surface area contributed by atoms with Crippen LogP contribution in [-0.2, 0) is 6.42 Å². The summed E-state index contributed by atoms with van der Waals surface area (Å²) in [6.07, 6.45) is 0.218. The summed E-state index contributed by atoms with van der Waals surface area (Å²) in [5, 5.41) is 8.60. The first-order chi connectivity index (χ1) is 9.24. The molecule has 0 aliphatic carbocycles. The minimum atomic E-state index is -0.318. The molecule has 19 heavy (non-hydrogen) atoms. The molecule has 0 bridgehead atoms. The van der Waals surface area contributed by atoms with Gasteiger partial charge in [0.1, 0.15) is 11.6 Å². The van der Waals surface area contributed by atoms with E-state index < -0.39 is 0 Å². The lowest BCUT2D eigenvalue weighted by Gasteiger charge is -2.08. The Hall–Kier alpha value is -2.34. The number of halogens is 1. The van der Waals surface area contributed by atoms with Crippen molar-refractivity contribution in [2.24, 2.45) is 0 Å². The van der Waals surface area contributed by atoms with E-state index in [1.54, 1.807) is 12.1 Å². The van der Waals surface area contributed by atoms with Crippen molar-refractivity contribution in [3.05, 3.63) is 53.8 Å². The second-order valence-electron chi connectivity index (χ2n) is 4.11. The summed E-state index contributed by atoms with van der Waals surface area (Å²) in [7, 11) is 0. The normalized spacial score (nSPS) is 9.95. The largest absolute Gasteiger partial charge is 0.494 e. The number of hydrogen-bond acceptors (Lipinski definition) is 2. The van der Waals surface area contributed by atoms with Crippen LogP contribution >= 0.6 is 0 Å². The van der Waals surface area contributed by atoms with Crippen LogP contribution in [0, 0.1) is 17.1 Å². The molecule has 2 aromatic carbocycles. The third-order valence-electron chi connectivity index (χ3n) is 2.77. The van der Waals surface area contributed by atoms with Crippen LogP contribution in [0.5, 0.6) is 5.75 Å². The SMILES string of the molecule is CCOc1cccc(-c2ccc(CC#N)cc2F)c1. The first kappa shape index (κ1) is 13.1. The Bertz CT molecular complexity index is 616. The molecule has 0 N–H and O–H groups in total. The molecule has 0 unspecified atom stereocenters. The molecular weight excluding hydrogens is 241 g/mol. The van der Waals surface area contributed by atoms with Gasteiger partial charge in [-0.1, -0.05) is 24.3 Å². The van der Waals surface area contributed by atoms with Gasteiger partial charge in [-0.05, 0) is 36.2 Å². The molecule has 0 aliphatic rings. The Labute approximate surface area is 112 Å². The second-order valence-corrected chi connectivity index (χ2v) is 4.11. The highest BCUT2D eigenvalue weighted by Crippen LogP contribution is 2.27. The van der Waals surface area contributed by atoms with E-state index in [4.69, 9.17) is 10.00 Å². The molecule has 0 fully saturated rings. The van der Waals surface area contributed by atoms with Crippen LogP contribution in [0.2, 0.25) is 0 Å². The highest BCUT2D eigenvalue weighted by atomic mass is 19.1. The van der Waals surface area contributed by atoms with Crippen LogP contribution in [0.4, 0.5) is 4.39 Å². The van der Waals surface area contributed by atoms with E-state index in [1.807, 2.05) is 37.3 Å². The van der Waals surface area contributed by atoms with Crippen molar-refractivity contribution in [1.82, 2.24) is 0 Å². The quantitative estimate of drug-likeness (QED) is 0.828. The molecule has 0 spiro atoms. The van der Waals surface area contributed by atoms with Gasteiger partial charge in [0, 0.05) is 5.56 Å². The van der Waals surface area contributed by atoms with Gasteiger partial charge in [0.15, 0.2) is 0 Å². The first-order valence-corrected chi connectivity index (χ1v) is 6.13. The Morgan fingerprint density at radius 3 is 2.74 bits per heavy atom. The van der Waals surface area contributed by atoms with Gasteiger partial charge in [0.2, 0.25) is 0 Å². The average molecular weight is 255 g/mol. The maximum atomic E-state index is 14.0. The van der Waals surface area contributed by atoms with Crippen LogP contribution in [0.15, 0.2) is 42.5 Å². The minimum absolute atomic E-state index is 0.218. The van der Waals surface area contributed by atoms with E-state index in [2.05, 4.69) is 0 Å². The fourth-order valence-electron chi connectivity index (χ4n) is 1.91. The average Bonchev–Trinajstić information content (AvgIpc) is 2.40. The van der Waals surface area contributed by atoms with E-state index in [0.717, 1.165) is 11.3 Å². The highest BCUT2D eigenvalue weighted by Gasteiger charge is 2.07. The predicted molar refractivity (Wildman–Crippen MR) is 72.3 cm³/mol. The van der Waals surface area contributed by atoms with Crippen molar-refractivity contribution in [2.45, 2.75) is 13.3 Å². The van der Waals surface area contributed by atoms with E-state index >= 15 is 0 Å². The molecule has 0 aliphatic heterocycles.